The molecule has 2 aliphatic heterocycles. The lowest BCUT2D eigenvalue weighted by Crippen LogP contribution is -2.62. The molecule has 2 amide bonds. The van der Waals surface area contributed by atoms with Gasteiger partial charge in [0.1, 0.15) is 16.3 Å². The van der Waals surface area contributed by atoms with E-state index in [9.17, 15) is 14.0 Å². The summed E-state index contributed by atoms with van der Waals surface area (Å²) in [5.74, 6) is -1.77. The summed E-state index contributed by atoms with van der Waals surface area (Å²) in [5.41, 5.74) is 4.84. The fourth-order valence-corrected chi connectivity index (χ4v) is 3.50. The quantitative estimate of drug-likeness (QED) is 0.600. The third kappa shape index (κ3) is 1.87. The van der Waals surface area contributed by atoms with Gasteiger partial charge in [-0.1, -0.05) is 24.4 Å². The molecule has 22 heavy (non-hydrogen) atoms. The lowest BCUT2D eigenvalue weighted by atomic mass is 9.89. The number of hydrogen-bond acceptors (Lipinski definition) is 5. The van der Waals surface area contributed by atoms with Crippen LogP contribution in [-0.4, -0.2) is 32.2 Å². The van der Waals surface area contributed by atoms with E-state index in [0.717, 1.165) is 11.0 Å². The Hall–Kier alpha value is -1.93. The highest BCUT2D eigenvalue weighted by Crippen LogP contribution is 2.37. The highest BCUT2D eigenvalue weighted by molar-refractivity contribution is 7.81. The summed E-state index contributed by atoms with van der Waals surface area (Å²) < 4.78 is 14.0. The summed E-state index contributed by atoms with van der Waals surface area (Å²) in [6, 6.07) is 2.48. The Balaban J connectivity index is 2.12. The van der Waals surface area contributed by atoms with Crippen LogP contribution in [0.15, 0.2) is 12.1 Å². The molecule has 0 aromatic heterocycles. The van der Waals surface area contributed by atoms with Crippen molar-refractivity contribution in [2.24, 2.45) is 0 Å². The van der Waals surface area contributed by atoms with Gasteiger partial charge in [-0.2, -0.15) is 0 Å². The number of piperidine rings is 1. The van der Waals surface area contributed by atoms with Crippen molar-refractivity contribution in [3.8, 4) is 0 Å². The molecule has 1 saturated heterocycles. The van der Waals surface area contributed by atoms with Crippen LogP contribution >= 0.6 is 24.4 Å². The van der Waals surface area contributed by atoms with Crippen LogP contribution in [0.2, 0.25) is 0 Å². The van der Waals surface area contributed by atoms with Crippen molar-refractivity contribution in [3.63, 3.8) is 0 Å². The number of nitrogen functional groups attached to an aromatic ring is 1. The molecule has 1 fully saturated rings. The van der Waals surface area contributed by atoms with Gasteiger partial charge in [-0.3, -0.25) is 14.5 Å². The minimum atomic E-state index is -1.21. The van der Waals surface area contributed by atoms with Crippen LogP contribution in [0, 0.1) is 5.82 Å². The molecule has 2 aliphatic rings. The lowest BCUT2D eigenvalue weighted by Gasteiger charge is -2.40. The molecular formula is C14H12FN3O2S2. The summed E-state index contributed by atoms with van der Waals surface area (Å²) in [6.45, 7) is 1.59. The number of nitrogens with one attached hydrogen (secondary N) is 1. The Morgan fingerprint density at radius 2 is 2.00 bits per heavy atom. The van der Waals surface area contributed by atoms with Crippen LogP contribution in [0.5, 0.6) is 0 Å². The van der Waals surface area contributed by atoms with Crippen LogP contribution in [0.1, 0.15) is 35.7 Å². The van der Waals surface area contributed by atoms with Crippen LogP contribution in [0.3, 0.4) is 0 Å². The van der Waals surface area contributed by atoms with Gasteiger partial charge in [0.15, 0.2) is 0 Å². The fourth-order valence-electron chi connectivity index (χ4n) is 2.80. The fraction of sp³-hybridized carbons (Fsp3) is 0.286. The zero-order valence-corrected chi connectivity index (χ0v) is 13.2. The molecule has 3 rings (SSSR count). The zero-order valence-electron chi connectivity index (χ0n) is 11.6. The number of rotatable bonds is 1. The van der Waals surface area contributed by atoms with E-state index in [1.165, 1.54) is 6.07 Å². The number of amides is 2. The Bertz CT molecular complexity index is 724. The van der Waals surface area contributed by atoms with Crippen molar-refractivity contribution < 1.29 is 14.0 Å². The second-order valence-electron chi connectivity index (χ2n) is 5.48. The van der Waals surface area contributed by atoms with Gasteiger partial charge in [0.2, 0.25) is 0 Å². The van der Waals surface area contributed by atoms with Gasteiger partial charge in [0, 0.05) is 17.7 Å². The van der Waals surface area contributed by atoms with E-state index in [1.54, 1.807) is 6.92 Å². The Kier molecular flexibility index (Phi) is 3.26. The topological polar surface area (TPSA) is 75.4 Å². The van der Waals surface area contributed by atoms with Crippen LogP contribution < -0.4 is 11.1 Å². The number of thiocarbonyl (C=S) groups is 2. The highest BCUT2D eigenvalue weighted by Gasteiger charge is 2.51. The molecule has 3 N–H and O–H groups in total. The maximum Gasteiger partial charge on any atom is 0.263 e. The first-order valence-corrected chi connectivity index (χ1v) is 7.40. The van der Waals surface area contributed by atoms with Gasteiger partial charge >= 0.3 is 0 Å². The Morgan fingerprint density at radius 3 is 2.59 bits per heavy atom. The van der Waals surface area contributed by atoms with Crippen molar-refractivity contribution in [3.05, 3.63) is 29.1 Å². The smallest absolute Gasteiger partial charge is 0.263 e. The summed E-state index contributed by atoms with van der Waals surface area (Å²) in [5, 5.41) is 2.56. The number of anilines is 1. The number of carbonyl (C=O) groups is 2. The second-order valence-corrected chi connectivity index (χ2v) is 6.36. The number of benzene rings is 1. The normalized spacial score (nSPS) is 24.5. The van der Waals surface area contributed by atoms with E-state index in [1.807, 2.05) is 0 Å². The van der Waals surface area contributed by atoms with Gasteiger partial charge in [0.05, 0.1) is 10.6 Å². The molecule has 0 aliphatic carbocycles. The average molecular weight is 337 g/mol. The molecule has 0 bridgehead atoms. The maximum atomic E-state index is 14.0. The SMILES string of the molecule is CC1(N2C(=O)c3c(F)ccc(N)c3C2=S)CCC(=S)NC1=O. The Labute approximate surface area is 136 Å². The van der Waals surface area contributed by atoms with E-state index in [0.29, 0.717) is 17.8 Å². The predicted octanol–water partition coefficient (Wildman–Crippen LogP) is 1.54. The summed E-state index contributed by atoms with van der Waals surface area (Å²) >= 11 is 10.3. The van der Waals surface area contributed by atoms with Crippen molar-refractivity contribution in [1.29, 1.82) is 0 Å². The average Bonchev–Trinajstić information content (AvgIpc) is 2.72. The molecule has 1 aromatic carbocycles. The van der Waals surface area contributed by atoms with Crippen molar-refractivity contribution >= 4 is 51.9 Å². The molecular weight excluding hydrogens is 325 g/mol. The molecule has 8 heteroatoms. The van der Waals surface area contributed by atoms with Gasteiger partial charge in [0.25, 0.3) is 11.8 Å². The highest BCUT2D eigenvalue weighted by atomic mass is 32.1. The first-order chi connectivity index (χ1) is 10.3. The Morgan fingerprint density at radius 1 is 1.32 bits per heavy atom. The van der Waals surface area contributed by atoms with E-state index in [2.05, 4.69) is 5.32 Å². The number of halogens is 1. The second kappa shape index (κ2) is 4.79. The number of nitrogens with zero attached hydrogens (tertiary/aromatic N) is 1. The van der Waals surface area contributed by atoms with E-state index >= 15 is 0 Å². The third-order valence-corrected chi connectivity index (χ3v) is 4.79. The molecule has 0 spiro atoms. The van der Waals surface area contributed by atoms with Gasteiger partial charge in [-0.15, -0.1) is 0 Å². The molecule has 0 radical (unpaired) electrons. The van der Waals surface area contributed by atoms with E-state index in [4.69, 9.17) is 30.2 Å². The number of fused-ring (bicyclic) bond motifs is 1. The minimum Gasteiger partial charge on any atom is -0.398 e. The van der Waals surface area contributed by atoms with Crippen molar-refractivity contribution in [2.75, 3.05) is 5.73 Å². The lowest BCUT2D eigenvalue weighted by molar-refractivity contribution is -0.128. The van der Waals surface area contributed by atoms with Gasteiger partial charge in [-0.05, 0) is 25.5 Å². The number of carbonyl (C=O) groups excluding carboxylic acids is 2. The molecule has 1 aromatic rings. The van der Waals surface area contributed by atoms with Crippen LogP contribution in [-0.2, 0) is 4.79 Å². The van der Waals surface area contributed by atoms with Gasteiger partial charge < -0.3 is 11.1 Å². The van der Waals surface area contributed by atoms with E-state index < -0.39 is 23.2 Å². The molecule has 5 nitrogen and oxygen atoms in total. The zero-order chi connectivity index (χ0) is 16.2. The number of nitrogens with two attached hydrogens (primary N) is 1. The molecule has 1 unspecified atom stereocenters. The molecule has 0 saturated carbocycles. The molecule has 2 heterocycles. The van der Waals surface area contributed by atoms with Crippen LogP contribution in [0.4, 0.5) is 10.1 Å². The first-order valence-electron chi connectivity index (χ1n) is 6.58. The standard InChI is InChI=1S/C14H12FN3O2S2/c1-14(5-4-8(21)17-13(14)20)18-11(19)9-6(15)2-3-7(16)10(9)12(18)22/h2-3H,4-5,16H2,1H3,(H,17,20,21). The molecule has 114 valence electrons. The van der Waals surface area contributed by atoms with Crippen molar-refractivity contribution in [1.82, 2.24) is 10.2 Å². The van der Waals surface area contributed by atoms with E-state index in [-0.39, 0.29) is 21.8 Å². The van der Waals surface area contributed by atoms with Gasteiger partial charge in [-0.25, -0.2) is 4.39 Å². The summed E-state index contributed by atoms with van der Waals surface area (Å²) in [4.78, 5) is 26.6. The minimum absolute atomic E-state index is 0.0717. The number of hydrogen-bond donors (Lipinski definition) is 2. The summed E-state index contributed by atoms with van der Waals surface area (Å²) in [6.07, 6.45) is 0.761. The van der Waals surface area contributed by atoms with Crippen LogP contribution in [0.25, 0.3) is 0 Å². The maximum absolute atomic E-state index is 14.0. The first kappa shape index (κ1) is 15.0. The largest absolute Gasteiger partial charge is 0.398 e. The predicted molar refractivity (Wildman–Crippen MR) is 87.1 cm³/mol. The third-order valence-electron chi connectivity index (χ3n) is 4.10. The molecule has 1 atom stereocenters. The van der Waals surface area contributed by atoms with Crippen molar-refractivity contribution in [2.45, 2.75) is 25.3 Å². The summed E-state index contributed by atoms with van der Waals surface area (Å²) in [7, 11) is 0. The monoisotopic (exact) mass is 337 g/mol.